The Morgan fingerprint density at radius 2 is 1.95 bits per heavy atom. The molecule has 0 radical (unpaired) electrons. The fourth-order valence-electron chi connectivity index (χ4n) is 2.08. The molecule has 0 atom stereocenters. The highest BCUT2D eigenvalue weighted by molar-refractivity contribution is 7.16. The third-order valence-corrected chi connectivity index (χ3v) is 4.21. The number of nitrogens with zero attached hydrogens (tertiary/aromatic N) is 2. The van der Waals surface area contributed by atoms with Crippen LogP contribution in [-0.2, 0) is 0 Å². The van der Waals surface area contributed by atoms with Crippen LogP contribution in [-0.4, -0.2) is 17.0 Å². The highest BCUT2D eigenvalue weighted by Crippen LogP contribution is 2.30. The maximum atomic E-state index is 4.53. The molecular weight excluding hydrogens is 268 g/mol. The van der Waals surface area contributed by atoms with Gasteiger partial charge in [0.25, 0.3) is 0 Å². The number of aryl methyl sites for hydroxylation is 1. The van der Waals surface area contributed by atoms with Gasteiger partial charge in [-0.3, -0.25) is 0 Å². The highest BCUT2D eigenvalue weighted by atomic mass is 32.1. The van der Waals surface area contributed by atoms with E-state index in [0.29, 0.717) is 5.95 Å². The van der Waals surface area contributed by atoms with Crippen molar-refractivity contribution in [1.82, 2.24) is 9.97 Å². The third-order valence-electron chi connectivity index (χ3n) is 3.41. The van der Waals surface area contributed by atoms with Gasteiger partial charge in [-0.2, -0.15) is 4.98 Å². The summed E-state index contributed by atoms with van der Waals surface area (Å²) in [4.78, 5) is 9.97. The molecule has 20 heavy (non-hydrogen) atoms. The predicted octanol–water partition coefficient (Wildman–Crippen LogP) is 4.09. The molecule has 0 aliphatic rings. The zero-order chi connectivity index (χ0) is 14.1. The van der Waals surface area contributed by atoms with Crippen molar-refractivity contribution in [2.24, 2.45) is 0 Å². The van der Waals surface area contributed by atoms with Crippen LogP contribution >= 0.6 is 11.3 Å². The van der Waals surface area contributed by atoms with Crippen LogP contribution in [0, 0.1) is 13.8 Å². The fourth-order valence-corrected chi connectivity index (χ4v) is 2.84. The van der Waals surface area contributed by atoms with Crippen LogP contribution in [0.4, 0.5) is 17.5 Å². The van der Waals surface area contributed by atoms with Crippen molar-refractivity contribution < 1.29 is 0 Å². The minimum atomic E-state index is 0.632. The van der Waals surface area contributed by atoms with E-state index in [0.717, 1.165) is 21.7 Å². The molecule has 4 nitrogen and oxygen atoms in total. The summed E-state index contributed by atoms with van der Waals surface area (Å²) >= 11 is 1.62. The van der Waals surface area contributed by atoms with Gasteiger partial charge in [0.2, 0.25) is 5.95 Å². The van der Waals surface area contributed by atoms with Gasteiger partial charge in [0.05, 0.1) is 5.39 Å². The number of benzene rings is 1. The van der Waals surface area contributed by atoms with Crippen LogP contribution in [0.25, 0.3) is 10.2 Å². The largest absolute Gasteiger partial charge is 0.357 e. The van der Waals surface area contributed by atoms with E-state index in [2.05, 4.69) is 52.6 Å². The first-order chi connectivity index (χ1) is 9.69. The first-order valence-electron chi connectivity index (χ1n) is 6.45. The smallest absolute Gasteiger partial charge is 0.225 e. The average molecular weight is 284 g/mol. The first-order valence-corrected chi connectivity index (χ1v) is 7.33. The van der Waals surface area contributed by atoms with Gasteiger partial charge in [0, 0.05) is 12.7 Å². The molecule has 1 aromatic carbocycles. The minimum absolute atomic E-state index is 0.632. The average Bonchev–Trinajstić information content (AvgIpc) is 2.92. The number of hydrogen-bond acceptors (Lipinski definition) is 5. The molecule has 3 aromatic rings. The molecule has 0 fully saturated rings. The standard InChI is InChI=1S/C15H16N4S/c1-9-5-4-6-12(10(9)2)17-13-11-7-8-20-14(11)19-15(16-3)18-13/h4-8H,1-3H3,(H2,16,17,18,19). The van der Waals surface area contributed by atoms with Gasteiger partial charge in [-0.25, -0.2) is 4.98 Å². The Labute approximate surface area is 121 Å². The Morgan fingerprint density at radius 1 is 1.10 bits per heavy atom. The second kappa shape index (κ2) is 5.09. The predicted molar refractivity (Wildman–Crippen MR) is 86.2 cm³/mol. The lowest BCUT2D eigenvalue weighted by molar-refractivity contribution is 1.20. The second-order valence-electron chi connectivity index (χ2n) is 4.66. The molecule has 0 saturated heterocycles. The normalized spacial score (nSPS) is 10.8. The Kier molecular flexibility index (Phi) is 3.28. The van der Waals surface area contributed by atoms with Crippen LogP contribution in [0.1, 0.15) is 11.1 Å². The van der Waals surface area contributed by atoms with Crippen LogP contribution in [0.3, 0.4) is 0 Å². The maximum absolute atomic E-state index is 4.53. The first kappa shape index (κ1) is 12.9. The van der Waals surface area contributed by atoms with E-state index in [1.54, 1.807) is 11.3 Å². The van der Waals surface area contributed by atoms with Crippen molar-refractivity contribution in [2.75, 3.05) is 17.7 Å². The van der Waals surface area contributed by atoms with Gasteiger partial charge in [-0.1, -0.05) is 12.1 Å². The lowest BCUT2D eigenvalue weighted by Gasteiger charge is -2.12. The van der Waals surface area contributed by atoms with Gasteiger partial charge in [0.15, 0.2) is 0 Å². The summed E-state index contributed by atoms with van der Waals surface area (Å²) in [5.41, 5.74) is 3.58. The summed E-state index contributed by atoms with van der Waals surface area (Å²) in [6.45, 7) is 4.22. The van der Waals surface area contributed by atoms with Crippen molar-refractivity contribution in [3.63, 3.8) is 0 Å². The summed E-state index contributed by atoms with van der Waals surface area (Å²) in [5, 5.41) is 9.52. The Balaban J connectivity index is 2.10. The van der Waals surface area contributed by atoms with Crippen molar-refractivity contribution in [3.05, 3.63) is 40.8 Å². The second-order valence-corrected chi connectivity index (χ2v) is 5.55. The molecule has 0 aliphatic carbocycles. The van der Waals surface area contributed by atoms with Crippen molar-refractivity contribution in [1.29, 1.82) is 0 Å². The molecule has 5 heteroatoms. The monoisotopic (exact) mass is 284 g/mol. The number of rotatable bonds is 3. The van der Waals surface area contributed by atoms with E-state index >= 15 is 0 Å². The number of fused-ring (bicyclic) bond motifs is 1. The number of hydrogen-bond donors (Lipinski definition) is 2. The van der Waals surface area contributed by atoms with E-state index < -0.39 is 0 Å². The number of thiophene rings is 1. The van der Waals surface area contributed by atoms with Gasteiger partial charge in [-0.15, -0.1) is 11.3 Å². The summed E-state index contributed by atoms with van der Waals surface area (Å²) in [5.74, 6) is 1.47. The molecule has 2 aromatic heterocycles. The van der Waals surface area contributed by atoms with Crippen LogP contribution in [0.15, 0.2) is 29.6 Å². The number of nitrogens with one attached hydrogen (secondary N) is 2. The molecule has 0 saturated carbocycles. The van der Waals surface area contributed by atoms with Crippen molar-refractivity contribution in [3.8, 4) is 0 Å². The lowest BCUT2D eigenvalue weighted by atomic mass is 10.1. The highest BCUT2D eigenvalue weighted by Gasteiger charge is 2.10. The SMILES string of the molecule is CNc1nc(Nc2cccc(C)c2C)c2ccsc2n1. The molecule has 2 heterocycles. The van der Waals surface area contributed by atoms with Crippen LogP contribution < -0.4 is 10.6 Å². The molecule has 0 amide bonds. The number of aromatic nitrogens is 2. The summed E-state index contributed by atoms with van der Waals surface area (Å²) in [6.07, 6.45) is 0. The van der Waals surface area contributed by atoms with Crippen molar-refractivity contribution >= 4 is 39.0 Å². The Bertz CT molecular complexity index is 764. The zero-order valence-corrected chi connectivity index (χ0v) is 12.5. The molecule has 3 rings (SSSR count). The fraction of sp³-hybridized carbons (Fsp3) is 0.200. The van der Waals surface area contributed by atoms with E-state index in [9.17, 15) is 0 Å². The van der Waals surface area contributed by atoms with E-state index in [1.807, 2.05) is 18.5 Å². The molecule has 102 valence electrons. The van der Waals surface area contributed by atoms with E-state index in [4.69, 9.17) is 0 Å². The molecule has 0 unspecified atom stereocenters. The molecule has 0 bridgehead atoms. The minimum Gasteiger partial charge on any atom is -0.357 e. The Morgan fingerprint density at radius 3 is 2.75 bits per heavy atom. The Hall–Kier alpha value is -2.14. The third kappa shape index (κ3) is 2.20. The van der Waals surface area contributed by atoms with Gasteiger partial charge in [0.1, 0.15) is 10.6 Å². The van der Waals surface area contributed by atoms with Gasteiger partial charge < -0.3 is 10.6 Å². The lowest BCUT2D eigenvalue weighted by Crippen LogP contribution is -2.02. The van der Waals surface area contributed by atoms with E-state index in [-0.39, 0.29) is 0 Å². The van der Waals surface area contributed by atoms with Gasteiger partial charge in [-0.05, 0) is 42.5 Å². The topological polar surface area (TPSA) is 49.8 Å². The van der Waals surface area contributed by atoms with Crippen LogP contribution in [0.5, 0.6) is 0 Å². The summed E-state index contributed by atoms with van der Waals surface area (Å²) in [6, 6.07) is 8.28. The summed E-state index contributed by atoms with van der Waals surface area (Å²) < 4.78 is 0. The van der Waals surface area contributed by atoms with E-state index in [1.165, 1.54) is 11.1 Å². The molecule has 2 N–H and O–H groups in total. The van der Waals surface area contributed by atoms with Crippen molar-refractivity contribution in [2.45, 2.75) is 13.8 Å². The molecule has 0 aliphatic heterocycles. The quantitative estimate of drug-likeness (QED) is 0.760. The molecule has 0 spiro atoms. The van der Waals surface area contributed by atoms with Gasteiger partial charge >= 0.3 is 0 Å². The molecular formula is C15H16N4S. The summed E-state index contributed by atoms with van der Waals surface area (Å²) in [7, 11) is 1.83. The number of anilines is 3. The van der Waals surface area contributed by atoms with Crippen LogP contribution in [0.2, 0.25) is 0 Å². The maximum Gasteiger partial charge on any atom is 0.225 e. The zero-order valence-electron chi connectivity index (χ0n) is 11.7.